The molecule has 0 aliphatic rings. The van der Waals surface area contributed by atoms with Crippen molar-refractivity contribution in [2.24, 2.45) is 0 Å². The third-order valence-electron chi connectivity index (χ3n) is 3.06. The number of ketones is 1. The standard InChI is InChI=1S/C14H15NO2/c1-10-9-15(13(7-8-16)11(2)17)14-6-4-3-5-12(10)14/h3-6,8-9,13H,7H2,1-2H3. The molecule has 1 aromatic carbocycles. The summed E-state index contributed by atoms with van der Waals surface area (Å²) in [4.78, 5) is 22.3. The van der Waals surface area contributed by atoms with Gasteiger partial charge in [0.05, 0.1) is 6.04 Å². The molecule has 3 nitrogen and oxygen atoms in total. The van der Waals surface area contributed by atoms with Gasteiger partial charge in [-0.15, -0.1) is 0 Å². The summed E-state index contributed by atoms with van der Waals surface area (Å²) >= 11 is 0. The summed E-state index contributed by atoms with van der Waals surface area (Å²) < 4.78 is 1.90. The van der Waals surface area contributed by atoms with Crippen molar-refractivity contribution < 1.29 is 9.59 Å². The quantitative estimate of drug-likeness (QED) is 0.756. The average molecular weight is 229 g/mol. The Hall–Kier alpha value is -1.90. The number of fused-ring (bicyclic) bond motifs is 1. The molecule has 0 aliphatic heterocycles. The number of nitrogens with zero attached hydrogens (tertiary/aromatic N) is 1. The van der Waals surface area contributed by atoms with Crippen molar-refractivity contribution in [2.45, 2.75) is 26.3 Å². The van der Waals surface area contributed by atoms with Crippen molar-refractivity contribution >= 4 is 23.0 Å². The molecule has 0 aliphatic carbocycles. The summed E-state index contributed by atoms with van der Waals surface area (Å²) in [5.41, 5.74) is 2.13. The fourth-order valence-corrected chi connectivity index (χ4v) is 2.20. The highest BCUT2D eigenvalue weighted by Crippen LogP contribution is 2.25. The molecule has 0 saturated carbocycles. The van der Waals surface area contributed by atoms with Crippen molar-refractivity contribution in [3.63, 3.8) is 0 Å². The molecule has 2 rings (SSSR count). The van der Waals surface area contributed by atoms with Crippen LogP contribution < -0.4 is 0 Å². The molecule has 0 spiro atoms. The molecule has 17 heavy (non-hydrogen) atoms. The van der Waals surface area contributed by atoms with E-state index in [0.29, 0.717) is 0 Å². The lowest BCUT2D eigenvalue weighted by Gasteiger charge is -2.14. The van der Waals surface area contributed by atoms with Crippen molar-refractivity contribution in [3.8, 4) is 0 Å². The number of rotatable bonds is 4. The number of carbonyl (C=O) groups is 2. The van der Waals surface area contributed by atoms with Gasteiger partial charge in [-0.3, -0.25) is 4.79 Å². The SMILES string of the molecule is CC(=O)C(CC=O)n1cc(C)c2ccccc21. The van der Waals surface area contributed by atoms with Crippen molar-refractivity contribution in [1.29, 1.82) is 0 Å². The van der Waals surface area contributed by atoms with Crippen molar-refractivity contribution in [1.82, 2.24) is 4.57 Å². The molecule has 0 N–H and O–H groups in total. The van der Waals surface area contributed by atoms with E-state index in [9.17, 15) is 9.59 Å². The largest absolute Gasteiger partial charge is 0.336 e. The second kappa shape index (κ2) is 4.53. The number of benzene rings is 1. The summed E-state index contributed by atoms with van der Waals surface area (Å²) in [5.74, 6) is 0.0119. The number of para-hydroxylation sites is 1. The van der Waals surface area contributed by atoms with E-state index in [2.05, 4.69) is 0 Å². The van der Waals surface area contributed by atoms with Crippen LogP contribution in [0.3, 0.4) is 0 Å². The first-order valence-electron chi connectivity index (χ1n) is 5.65. The average Bonchev–Trinajstić information content (AvgIpc) is 2.64. The molecule has 0 amide bonds. The molecule has 0 fully saturated rings. The Kier molecular flexibility index (Phi) is 3.09. The summed E-state index contributed by atoms with van der Waals surface area (Å²) in [6, 6.07) is 7.53. The molecule has 3 heteroatoms. The van der Waals surface area contributed by atoms with Crippen LogP contribution in [0.15, 0.2) is 30.5 Å². The monoisotopic (exact) mass is 229 g/mol. The third-order valence-corrected chi connectivity index (χ3v) is 3.06. The fraction of sp³-hybridized carbons (Fsp3) is 0.286. The van der Waals surface area contributed by atoms with Crippen LogP contribution in [-0.4, -0.2) is 16.6 Å². The van der Waals surface area contributed by atoms with E-state index in [1.54, 1.807) is 0 Å². The van der Waals surface area contributed by atoms with Gasteiger partial charge < -0.3 is 9.36 Å². The Labute approximate surface area is 100 Å². The fourth-order valence-electron chi connectivity index (χ4n) is 2.20. The molecule has 88 valence electrons. The highest BCUT2D eigenvalue weighted by atomic mass is 16.1. The van der Waals surface area contributed by atoms with Crippen LogP contribution in [0.25, 0.3) is 10.9 Å². The highest BCUT2D eigenvalue weighted by molar-refractivity contribution is 5.88. The number of aryl methyl sites for hydroxylation is 1. The van der Waals surface area contributed by atoms with Crippen LogP contribution in [0.1, 0.15) is 24.9 Å². The van der Waals surface area contributed by atoms with E-state index >= 15 is 0 Å². The molecular formula is C14H15NO2. The molecule has 1 unspecified atom stereocenters. The van der Waals surface area contributed by atoms with Crippen molar-refractivity contribution in [3.05, 3.63) is 36.0 Å². The Morgan fingerprint density at radius 3 is 2.76 bits per heavy atom. The van der Waals surface area contributed by atoms with Gasteiger partial charge in [0.1, 0.15) is 6.29 Å². The van der Waals surface area contributed by atoms with E-state index in [-0.39, 0.29) is 18.2 Å². The summed E-state index contributed by atoms with van der Waals surface area (Å²) in [5, 5.41) is 1.13. The van der Waals surface area contributed by atoms with Gasteiger partial charge in [-0.25, -0.2) is 0 Å². The lowest BCUT2D eigenvalue weighted by Crippen LogP contribution is -2.16. The second-order valence-electron chi connectivity index (χ2n) is 4.27. The Morgan fingerprint density at radius 2 is 2.12 bits per heavy atom. The first kappa shape index (κ1) is 11.6. The Bertz CT molecular complexity index is 569. The van der Waals surface area contributed by atoms with E-state index in [1.807, 2.05) is 42.0 Å². The highest BCUT2D eigenvalue weighted by Gasteiger charge is 2.18. The van der Waals surface area contributed by atoms with Crippen LogP contribution in [-0.2, 0) is 9.59 Å². The maximum Gasteiger partial charge on any atom is 0.152 e. The van der Waals surface area contributed by atoms with Crippen LogP contribution in [0.4, 0.5) is 0 Å². The third kappa shape index (κ3) is 2.00. The molecule has 1 atom stereocenters. The first-order valence-corrected chi connectivity index (χ1v) is 5.65. The van der Waals surface area contributed by atoms with Gasteiger partial charge in [-0.2, -0.15) is 0 Å². The first-order chi connectivity index (χ1) is 8.15. The van der Waals surface area contributed by atoms with Crippen LogP contribution in [0.2, 0.25) is 0 Å². The van der Waals surface area contributed by atoms with Gasteiger partial charge in [0.15, 0.2) is 5.78 Å². The number of aldehydes is 1. The van der Waals surface area contributed by atoms with Crippen LogP contribution in [0, 0.1) is 6.92 Å². The molecule has 0 radical (unpaired) electrons. The lowest BCUT2D eigenvalue weighted by atomic mass is 10.1. The lowest BCUT2D eigenvalue weighted by molar-refractivity contribution is -0.122. The number of Topliss-reactive ketones (excluding diaryl/α,β-unsaturated/α-hetero) is 1. The van der Waals surface area contributed by atoms with E-state index in [0.717, 1.165) is 22.8 Å². The van der Waals surface area contributed by atoms with Gasteiger partial charge >= 0.3 is 0 Å². The minimum absolute atomic E-state index is 0.0119. The summed E-state index contributed by atoms with van der Waals surface area (Å²) in [6.45, 7) is 3.54. The van der Waals surface area contributed by atoms with Crippen molar-refractivity contribution in [2.75, 3.05) is 0 Å². The smallest absolute Gasteiger partial charge is 0.152 e. The van der Waals surface area contributed by atoms with Gasteiger partial charge in [0.2, 0.25) is 0 Å². The number of carbonyl (C=O) groups excluding carboxylic acids is 2. The Balaban J connectivity index is 2.61. The van der Waals surface area contributed by atoms with Crippen LogP contribution >= 0.6 is 0 Å². The minimum Gasteiger partial charge on any atom is -0.336 e. The van der Waals surface area contributed by atoms with E-state index in [1.165, 1.54) is 6.92 Å². The topological polar surface area (TPSA) is 39.1 Å². The number of hydrogen-bond donors (Lipinski definition) is 0. The number of hydrogen-bond acceptors (Lipinski definition) is 2. The van der Waals surface area contributed by atoms with Crippen LogP contribution in [0.5, 0.6) is 0 Å². The second-order valence-corrected chi connectivity index (χ2v) is 4.27. The maximum absolute atomic E-state index is 11.6. The zero-order chi connectivity index (χ0) is 12.4. The zero-order valence-electron chi connectivity index (χ0n) is 10.0. The molecular weight excluding hydrogens is 214 g/mol. The molecule has 0 bridgehead atoms. The molecule has 0 saturated heterocycles. The molecule has 1 heterocycles. The summed E-state index contributed by atoms with van der Waals surface area (Å²) in [7, 11) is 0. The predicted octanol–water partition coefficient (Wildman–Crippen LogP) is 2.67. The van der Waals surface area contributed by atoms with Gasteiger partial charge in [0.25, 0.3) is 0 Å². The predicted molar refractivity (Wildman–Crippen MR) is 67.1 cm³/mol. The van der Waals surface area contributed by atoms with Gasteiger partial charge in [0, 0.05) is 23.5 Å². The summed E-state index contributed by atoms with van der Waals surface area (Å²) in [6.07, 6.45) is 2.98. The minimum atomic E-state index is -0.383. The normalized spacial score (nSPS) is 12.6. The maximum atomic E-state index is 11.6. The van der Waals surface area contributed by atoms with E-state index in [4.69, 9.17) is 0 Å². The van der Waals surface area contributed by atoms with E-state index < -0.39 is 0 Å². The van der Waals surface area contributed by atoms with Gasteiger partial charge in [-0.05, 0) is 25.5 Å². The van der Waals surface area contributed by atoms with Gasteiger partial charge in [-0.1, -0.05) is 18.2 Å². The molecule has 1 aromatic heterocycles. The number of aromatic nitrogens is 1. The molecule has 2 aromatic rings. The zero-order valence-corrected chi connectivity index (χ0v) is 10.0. The Morgan fingerprint density at radius 1 is 1.41 bits per heavy atom.